The van der Waals surface area contributed by atoms with E-state index >= 15 is 0 Å². The van der Waals surface area contributed by atoms with Crippen molar-refractivity contribution in [2.75, 3.05) is 18.0 Å². The number of carboxylic acids is 1. The number of piperidine rings is 1. The summed E-state index contributed by atoms with van der Waals surface area (Å²) in [4.78, 5) is 25.0. The lowest BCUT2D eigenvalue weighted by Gasteiger charge is -2.32. The van der Waals surface area contributed by atoms with Crippen molar-refractivity contribution in [1.29, 1.82) is 0 Å². The molecule has 1 fully saturated rings. The first-order valence-electron chi connectivity index (χ1n) is 7.97. The van der Waals surface area contributed by atoms with Crippen LogP contribution in [0.3, 0.4) is 0 Å². The Balaban J connectivity index is 1.78. The molecule has 1 N–H and O–H groups in total. The molecule has 1 aliphatic heterocycles. The van der Waals surface area contributed by atoms with Crippen LogP contribution in [0.25, 0.3) is 10.2 Å². The Labute approximate surface area is 133 Å². The molecule has 1 atom stereocenters. The van der Waals surface area contributed by atoms with Gasteiger partial charge in [0.05, 0.1) is 11.3 Å². The monoisotopic (exact) mass is 317 g/mol. The van der Waals surface area contributed by atoms with Crippen molar-refractivity contribution >= 4 is 33.3 Å². The number of rotatable bonds is 2. The van der Waals surface area contributed by atoms with Crippen molar-refractivity contribution in [3.8, 4) is 0 Å². The third-order valence-corrected chi connectivity index (χ3v) is 6.00. The van der Waals surface area contributed by atoms with Gasteiger partial charge in [-0.1, -0.05) is 0 Å². The lowest BCUT2D eigenvalue weighted by molar-refractivity contribution is -0.141. The highest BCUT2D eigenvalue weighted by atomic mass is 32.1. The lowest BCUT2D eigenvalue weighted by atomic mass is 9.95. The number of carboxylic acid groups (broad SMARTS) is 1. The van der Waals surface area contributed by atoms with Crippen LogP contribution in [-0.2, 0) is 17.6 Å². The molecule has 0 unspecified atom stereocenters. The van der Waals surface area contributed by atoms with Crippen LogP contribution < -0.4 is 4.90 Å². The Morgan fingerprint density at radius 1 is 1.27 bits per heavy atom. The number of aromatic nitrogens is 2. The van der Waals surface area contributed by atoms with E-state index in [-0.39, 0.29) is 5.92 Å². The van der Waals surface area contributed by atoms with Gasteiger partial charge in [-0.25, -0.2) is 9.97 Å². The quantitative estimate of drug-likeness (QED) is 0.922. The minimum absolute atomic E-state index is 0.284. The fourth-order valence-electron chi connectivity index (χ4n) is 3.68. The first kappa shape index (κ1) is 13.9. The largest absolute Gasteiger partial charge is 0.481 e. The van der Waals surface area contributed by atoms with Gasteiger partial charge in [-0.2, -0.15) is 0 Å². The van der Waals surface area contributed by atoms with E-state index in [1.165, 1.54) is 28.7 Å². The molecule has 3 heterocycles. The second-order valence-electron chi connectivity index (χ2n) is 6.21. The maximum atomic E-state index is 11.3. The maximum absolute atomic E-state index is 11.3. The predicted molar refractivity (Wildman–Crippen MR) is 86.6 cm³/mol. The topological polar surface area (TPSA) is 66.3 Å². The number of hydrogen-bond acceptors (Lipinski definition) is 5. The molecule has 6 heteroatoms. The molecule has 1 aliphatic carbocycles. The summed E-state index contributed by atoms with van der Waals surface area (Å²) in [6.07, 6.45) is 8.04. The predicted octanol–water partition coefficient (Wildman–Crippen LogP) is 2.87. The van der Waals surface area contributed by atoms with Gasteiger partial charge >= 0.3 is 5.97 Å². The fourth-order valence-corrected chi connectivity index (χ4v) is 4.91. The molecule has 116 valence electrons. The second-order valence-corrected chi connectivity index (χ2v) is 7.30. The Kier molecular flexibility index (Phi) is 3.48. The van der Waals surface area contributed by atoms with E-state index in [2.05, 4.69) is 14.9 Å². The Bertz CT molecular complexity index is 727. The minimum Gasteiger partial charge on any atom is -0.481 e. The van der Waals surface area contributed by atoms with Crippen molar-refractivity contribution in [2.24, 2.45) is 5.92 Å². The Morgan fingerprint density at radius 3 is 3.00 bits per heavy atom. The van der Waals surface area contributed by atoms with Crippen molar-refractivity contribution in [3.63, 3.8) is 0 Å². The highest BCUT2D eigenvalue weighted by Gasteiger charge is 2.29. The molecule has 4 rings (SSSR count). The summed E-state index contributed by atoms with van der Waals surface area (Å²) in [7, 11) is 0. The Morgan fingerprint density at radius 2 is 2.14 bits per heavy atom. The molecular weight excluding hydrogens is 298 g/mol. The van der Waals surface area contributed by atoms with Crippen LogP contribution >= 0.6 is 11.3 Å². The first-order chi connectivity index (χ1) is 10.7. The zero-order chi connectivity index (χ0) is 15.1. The van der Waals surface area contributed by atoms with E-state index in [4.69, 9.17) is 0 Å². The molecular formula is C16H19N3O2S. The summed E-state index contributed by atoms with van der Waals surface area (Å²) < 4.78 is 0. The summed E-state index contributed by atoms with van der Waals surface area (Å²) >= 11 is 1.79. The molecule has 2 aromatic heterocycles. The van der Waals surface area contributed by atoms with Crippen molar-refractivity contribution in [1.82, 2.24) is 9.97 Å². The highest BCUT2D eigenvalue weighted by molar-refractivity contribution is 7.19. The third-order valence-electron chi connectivity index (χ3n) is 4.80. The normalized spacial score (nSPS) is 21.8. The van der Waals surface area contributed by atoms with E-state index in [9.17, 15) is 9.90 Å². The van der Waals surface area contributed by atoms with Crippen LogP contribution in [0, 0.1) is 5.92 Å². The molecule has 5 nitrogen and oxygen atoms in total. The average Bonchev–Trinajstić information content (AvgIpc) is 2.93. The average molecular weight is 317 g/mol. The molecule has 0 spiro atoms. The van der Waals surface area contributed by atoms with Crippen LogP contribution in [-0.4, -0.2) is 34.1 Å². The van der Waals surface area contributed by atoms with Gasteiger partial charge in [0.25, 0.3) is 0 Å². The molecule has 0 saturated carbocycles. The Hall–Kier alpha value is -1.69. The summed E-state index contributed by atoms with van der Waals surface area (Å²) in [6.45, 7) is 1.45. The van der Waals surface area contributed by atoms with Gasteiger partial charge in [-0.3, -0.25) is 4.79 Å². The van der Waals surface area contributed by atoms with Crippen molar-refractivity contribution in [2.45, 2.75) is 38.5 Å². The fraction of sp³-hybridized carbons (Fsp3) is 0.562. The number of aryl methyl sites for hydroxylation is 2. The number of anilines is 1. The van der Waals surface area contributed by atoms with Crippen LogP contribution in [0.4, 0.5) is 5.82 Å². The lowest BCUT2D eigenvalue weighted by Crippen LogP contribution is -2.39. The number of thiophene rings is 1. The second kappa shape index (κ2) is 5.50. The van der Waals surface area contributed by atoms with Gasteiger partial charge in [0.15, 0.2) is 0 Å². The standard InChI is InChI=1S/C16H19N3O2S/c20-16(21)10-4-3-7-19(8-10)14-13-11-5-1-2-6-12(11)22-15(13)18-9-17-14/h9-10H,1-8H2,(H,20,21)/t10-/m1/s1. The van der Waals surface area contributed by atoms with E-state index in [1.807, 2.05) is 0 Å². The third kappa shape index (κ3) is 2.26. The number of hydrogen-bond donors (Lipinski definition) is 1. The van der Waals surface area contributed by atoms with Crippen molar-refractivity contribution < 1.29 is 9.90 Å². The molecule has 0 aromatic carbocycles. The van der Waals surface area contributed by atoms with Crippen LogP contribution in [0.15, 0.2) is 6.33 Å². The zero-order valence-corrected chi connectivity index (χ0v) is 13.2. The molecule has 0 bridgehead atoms. The van der Waals surface area contributed by atoms with Crippen LogP contribution in [0.1, 0.15) is 36.1 Å². The maximum Gasteiger partial charge on any atom is 0.308 e. The summed E-state index contributed by atoms with van der Waals surface area (Å²) in [6, 6.07) is 0. The van der Waals surface area contributed by atoms with Crippen LogP contribution in [0.2, 0.25) is 0 Å². The van der Waals surface area contributed by atoms with E-state index in [0.717, 1.165) is 42.9 Å². The van der Waals surface area contributed by atoms with Crippen LogP contribution in [0.5, 0.6) is 0 Å². The van der Waals surface area contributed by atoms with Gasteiger partial charge in [-0.05, 0) is 44.1 Å². The number of nitrogens with zero attached hydrogens (tertiary/aromatic N) is 3. The molecule has 0 radical (unpaired) electrons. The number of aliphatic carboxylic acids is 1. The first-order valence-corrected chi connectivity index (χ1v) is 8.78. The molecule has 2 aromatic rings. The summed E-state index contributed by atoms with van der Waals surface area (Å²) in [5.41, 5.74) is 1.42. The summed E-state index contributed by atoms with van der Waals surface area (Å²) in [5.74, 6) is -0.0223. The minimum atomic E-state index is -0.692. The van der Waals surface area contributed by atoms with Crippen molar-refractivity contribution in [3.05, 3.63) is 16.8 Å². The number of fused-ring (bicyclic) bond motifs is 3. The molecule has 2 aliphatic rings. The van der Waals surface area contributed by atoms with Gasteiger partial charge < -0.3 is 10.0 Å². The highest BCUT2D eigenvalue weighted by Crippen LogP contribution is 2.40. The van der Waals surface area contributed by atoms with Gasteiger partial charge in [0, 0.05) is 18.0 Å². The molecule has 22 heavy (non-hydrogen) atoms. The molecule has 1 saturated heterocycles. The smallest absolute Gasteiger partial charge is 0.308 e. The van der Waals surface area contributed by atoms with Gasteiger partial charge in [0.1, 0.15) is 17.0 Å². The number of carbonyl (C=O) groups is 1. The van der Waals surface area contributed by atoms with Gasteiger partial charge in [-0.15, -0.1) is 11.3 Å². The van der Waals surface area contributed by atoms with E-state index in [0.29, 0.717) is 6.54 Å². The zero-order valence-electron chi connectivity index (χ0n) is 12.4. The SMILES string of the molecule is O=C(O)[C@@H]1CCCN(c2ncnc3sc4c(c23)CCCC4)C1. The van der Waals surface area contributed by atoms with E-state index in [1.54, 1.807) is 17.7 Å². The summed E-state index contributed by atoms with van der Waals surface area (Å²) in [5, 5.41) is 10.5. The molecule has 0 amide bonds. The van der Waals surface area contributed by atoms with E-state index < -0.39 is 5.97 Å². The van der Waals surface area contributed by atoms with Gasteiger partial charge in [0.2, 0.25) is 0 Å².